The second-order valence-electron chi connectivity index (χ2n) is 7.59. The summed E-state index contributed by atoms with van der Waals surface area (Å²) in [5.41, 5.74) is 2.05. The van der Waals surface area contributed by atoms with Crippen LogP contribution in [-0.2, 0) is 9.59 Å². The van der Waals surface area contributed by atoms with E-state index in [9.17, 15) is 9.59 Å². The predicted molar refractivity (Wildman–Crippen MR) is 117 cm³/mol. The van der Waals surface area contributed by atoms with Gasteiger partial charge >= 0.3 is 0 Å². The number of carbonyl (C=O) groups is 2. The minimum Gasteiger partial charge on any atom is -0.497 e. The molecule has 30 heavy (non-hydrogen) atoms. The zero-order valence-electron chi connectivity index (χ0n) is 17.9. The van der Waals surface area contributed by atoms with Crippen molar-refractivity contribution in [2.45, 2.75) is 27.2 Å². The van der Waals surface area contributed by atoms with E-state index in [0.29, 0.717) is 35.7 Å². The van der Waals surface area contributed by atoms with Crippen LogP contribution in [0.25, 0.3) is 5.57 Å². The van der Waals surface area contributed by atoms with Crippen molar-refractivity contribution in [3.05, 3.63) is 59.8 Å². The van der Waals surface area contributed by atoms with E-state index in [2.05, 4.69) is 5.32 Å². The molecular weight excluding hydrogens is 380 g/mol. The van der Waals surface area contributed by atoms with Crippen molar-refractivity contribution >= 4 is 23.1 Å². The van der Waals surface area contributed by atoms with E-state index in [1.807, 2.05) is 57.2 Å². The summed E-state index contributed by atoms with van der Waals surface area (Å²) in [6.45, 7) is 7.00. The molecule has 1 N–H and O–H groups in total. The van der Waals surface area contributed by atoms with Crippen molar-refractivity contribution in [3.8, 4) is 11.5 Å². The van der Waals surface area contributed by atoms with Gasteiger partial charge in [0.15, 0.2) is 0 Å². The Bertz CT molecular complexity index is 931. The van der Waals surface area contributed by atoms with E-state index >= 15 is 0 Å². The zero-order valence-corrected chi connectivity index (χ0v) is 17.9. The lowest BCUT2D eigenvalue weighted by Gasteiger charge is -2.17. The van der Waals surface area contributed by atoms with Gasteiger partial charge in [0.25, 0.3) is 11.8 Å². The fraction of sp³-hybridized carbons (Fsp3) is 0.333. The topological polar surface area (TPSA) is 67.9 Å². The lowest BCUT2D eigenvalue weighted by atomic mass is 10.0. The van der Waals surface area contributed by atoms with Crippen molar-refractivity contribution in [1.82, 2.24) is 4.90 Å². The van der Waals surface area contributed by atoms with E-state index in [4.69, 9.17) is 9.47 Å². The van der Waals surface area contributed by atoms with Gasteiger partial charge in [0, 0.05) is 12.2 Å². The number of ether oxygens (including phenoxy) is 2. The highest BCUT2D eigenvalue weighted by Gasteiger charge is 2.39. The van der Waals surface area contributed by atoms with E-state index in [1.165, 1.54) is 4.90 Å². The second-order valence-corrected chi connectivity index (χ2v) is 7.59. The van der Waals surface area contributed by atoms with E-state index in [0.717, 1.165) is 12.2 Å². The van der Waals surface area contributed by atoms with Crippen LogP contribution in [0, 0.1) is 5.92 Å². The van der Waals surface area contributed by atoms with Gasteiger partial charge in [-0.15, -0.1) is 0 Å². The molecule has 1 heterocycles. The van der Waals surface area contributed by atoms with Crippen LogP contribution in [0.2, 0.25) is 0 Å². The van der Waals surface area contributed by atoms with Crippen molar-refractivity contribution in [2.75, 3.05) is 25.6 Å². The third-order valence-corrected chi connectivity index (χ3v) is 4.69. The quantitative estimate of drug-likeness (QED) is 0.626. The van der Waals surface area contributed by atoms with Gasteiger partial charge < -0.3 is 14.8 Å². The molecule has 6 nitrogen and oxygen atoms in total. The molecule has 3 rings (SSSR count). The summed E-state index contributed by atoms with van der Waals surface area (Å²) in [6.07, 6.45) is 0.917. The Hall–Kier alpha value is -3.28. The maximum absolute atomic E-state index is 13.2. The maximum atomic E-state index is 13.2. The third kappa shape index (κ3) is 4.64. The van der Waals surface area contributed by atoms with Crippen molar-refractivity contribution in [1.29, 1.82) is 0 Å². The number of imide groups is 1. The van der Waals surface area contributed by atoms with Crippen LogP contribution in [0.4, 0.5) is 5.69 Å². The maximum Gasteiger partial charge on any atom is 0.278 e. The lowest BCUT2D eigenvalue weighted by molar-refractivity contribution is -0.137. The highest BCUT2D eigenvalue weighted by atomic mass is 16.5. The van der Waals surface area contributed by atoms with Crippen LogP contribution < -0.4 is 14.8 Å². The lowest BCUT2D eigenvalue weighted by Crippen LogP contribution is -2.35. The van der Waals surface area contributed by atoms with Crippen LogP contribution in [0.15, 0.2) is 54.2 Å². The SMILES string of the molecule is CCCOc1ccc(C2=C(Nc3ccc(OC)cc3)C(=O)N(CC(C)C)C2=O)cc1. The molecule has 0 aromatic heterocycles. The summed E-state index contributed by atoms with van der Waals surface area (Å²) in [6, 6.07) is 14.5. The Morgan fingerprint density at radius 2 is 1.57 bits per heavy atom. The molecule has 0 saturated heterocycles. The largest absolute Gasteiger partial charge is 0.497 e. The van der Waals surface area contributed by atoms with Gasteiger partial charge in [-0.1, -0.05) is 32.9 Å². The summed E-state index contributed by atoms with van der Waals surface area (Å²) < 4.78 is 10.8. The van der Waals surface area contributed by atoms with Crippen molar-refractivity contribution in [2.24, 2.45) is 5.92 Å². The average Bonchev–Trinajstić information content (AvgIpc) is 2.97. The molecule has 0 fully saturated rings. The van der Waals surface area contributed by atoms with Crippen molar-refractivity contribution < 1.29 is 19.1 Å². The number of nitrogens with one attached hydrogen (secondary N) is 1. The Morgan fingerprint density at radius 1 is 0.933 bits per heavy atom. The number of nitrogens with zero attached hydrogens (tertiary/aromatic N) is 1. The average molecular weight is 408 g/mol. The molecule has 2 amide bonds. The molecule has 0 radical (unpaired) electrons. The van der Waals surface area contributed by atoms with Gasteiger partial charge in [-0.2, -0.15) is 0 Å². The monoisotopic (exact) mass is 408 g/mol. The molecule has 0 bridgehead atoms. The highest BCUT2D eigenvalue weighted by molar-refractivity contribution is 6.36. The first-order chi connectivity index (χ1) is 14.4. The fourth-order valence-electron chi connectivity index (χ4n) is 3.25. The Balaban J connectivity index is 1.97. The highest BCUT2D eigenvalue weighted by Crippen LogP contribution is 2.32. The van der Waals surface area contributed by atoms with Gasteiger partial charge in [-0.05, 0) is 54.3 Å². The summed E-state index contributed by atoms with van der Waals surface area (Å²) >= 11 is 0. The molecular formula is C24H28N2O4. The number of rotatable bonds is 9. The van der Waals surface area contributed by atoms with Gasteiger partial charge in [0.1, 0.15) is 17.2 Å². The summed E-state index contributed by atoms with van der Waals surface area (Å²) in [5.74, 6) is 1.02. The number of anilines is 1. The summed E-state index contributed by atoms with van der Waals surface area (Å²) in [5, 5.41) is 3.15. The van der Waals surface area contributed by atoms with Crippen LogP contribution in [-0.4, -0.2) is 37.0 Å². The second kappa shape index (κ2) is 9.48. The minimum absolute atomic E-state index is 0.171. The van der Waals surface area contributed by atoms with Gasteiger partial charge in [0.05, 0.1) is 19.3 Å². The fourth-order valence-corrected chi connectivity index (χ4v) is 3.25. The summed E-state index contributed by atoms with van der Waals surface area (Å²) in [4.78, 5) is 27.6. The first kappa shape index (κ1) is 21.4. The van der Waals surface area contributed by atoms with Crippen LogP contribution in [0.3, 0.4) is 0 Å². The third-order valence-electron chi connectivity index (χ3n) is 4.69. The molecule has 2 aromatic rings. The molecule has 6 heteroatoms. The van der Waals surface area contributed by atoms with E-state index in [1.54, 1.807) is 19.2 Å². The van der Waals surface area contributed by atoms with E-state index < -0.39 is 0 Å². The summed E-state index contributed by atoms with van der Waals surface area (Å²) in [7, 11) is 1.60. The minimum atomic E-state index is -0.314. The van der Waals surface area contributed by atoms with Crippen LogP contribution >= 0.6 is 0 Å². The standard InChI is InChI=1S/C24H28N2O4/c1-5-14-30-20-10-6-17(7-11-20)21-22(24(28)26(23(21)27)15-16(2)3)25-18-8-12-19(29-4)13-9-18/h6-13,16,25H,5,14-15H2,1-4H3. The van der Waals surface area contributed by atoms with Gasteiger partial charge in [-0.3, -0.25) is 14.5 Å². The Labute approximate surface area is 177 Å². The first-order valence-corrected chi connectivity index (χ1v) is 10.2. The number of amides is 2. The number of methoxy groups -OCH3 is 1. The van der Waals surface area contributed by atoms with Crippen LogP contribution in [0.5, 0.6) is 11.5 Å². The van der Waals surface area contributed by atoms with Crippen LogP contribution in [0.1, 0.15) is 32.8 Å². The molecule has 2 aromatic carbocycles. The molecule has 1 aliphatic heterocycles. The molecule has 0 aliphatic carbocycles. The first-order valence-electron chi connectivity index (χ1n) is 10.2. The molecule has 158 valence electrons. The number of hydrogen-bond acceptors (Lipinski definition) is 5. The van der Waals surface area contributed by atoms with Gasteiger partial charge in [-0.25, -0.2) is 0 Å². The van der Waals surface area contributed by atoms with Gasteiger partial charge in [0.2, 0.25) is 0 Å². The molecule has 0 spiro atoms. The van der Waals surface area contributed by atoms with E-state index in [-0.39, 0.29) is 23.4 Å². The number of hydrogen-bond donors (Lipinski definition) is 1. The molecule has 0 atom stereocenters. The molecule has 1 aliphatic rings. The molecule has 0 saturated carbocycles. The number of benzene rings is 2. The van der Waals surface area contributed by atoms with Crippen molar-refractivity contribution in [3.63, 3.8) is 0 Å². The normalized spacial score (nSPS) is 14.0. The smallest absolute Gasteiger partial charge is 0.278 e. The zero-order chi connectivity index (χ0) is 21.7. The Kier molecular flexibility index (Phi) is 6.77. The number of carbonyl (C=O) groups excluding carboxylic acids is 2. The molecule has 0 unspecified atom stereocenters. The Morgan fingerprint density at radius 3 is 2.13 bits per heavy atom. The predicted octanol–water partition coefficient (Wildman–Crippen LogP) is 4.33.